The van der Waals surface area contributed by atoms with Crippen LogP contribution in [0, 0.1) is 5.82 Å². The molecular formula is C18H22FN3O3S2. The highest BCUT2D eigenvalue weighted by Crippen LogP contribution is 2.31. The van der Waals surface area contributed by atoms with Gasteiger partial charge in [-0.15, -0.1) is 11.3 Å². The highest BCUT2D eigenvalue weighted by molar-refractivity contribution is 7.88. The maximum absolute atomic E-state index is 13.3. The summed E-state index contributed by atoms with van der Waals surface area (Å²) in [5.74, 6) is -0.489. The predicted molar refractivity (Wildman–Crippen MR) is 102 cm³/mol. The predicted octanol–water partition coefficient (Wildman–Crippen LogP) is 2.63. The van der Waals surface area contributed by atoms with Gasteiger partial charge in [0.05, 0.1) is 23.0 Å². The molecule has 1 fully saturated rings. The molecular weight excluding hydrogens is 389 g/mol. The Morgan fingerprint density at radius 2 is 2.11 bits per heavy atom. The van der Waals surface area contributed by atoms with Crippen molar-refractivity contribution in [1.82, 2.24) is 14.6 Å². The van der Waals surface area contributed by atoms with Crippen LogP contribution >= 0.6 is 11.3 Å². The molecule has 0 atom stereocenters. The minimum absolute atomic E-state index is 0.0960. The van der Waals surface area contributed by atoms with E-state index in [9.17, 15) is 17.6 Å². The van der Waals surface area contributed by atoms with Crippen molar-refractivity contribution in [1.29, 1.82) is 0 Å². The lowest BCUT2D eigenvalue weighted by Gasteiger charge is -2.30. The van der Waals surface area contributed by atoms with Gasteiger partial charge in [-0.3, -0.25) is 4.79 Å². The van der Waals surface area contributed by atoms with E-state index < -0.39 is 15.8 Å². The third kappa shape index (κ3) is 5.33. The number of piperidine rings is 1. The molecule has 0 aliphatic carbocycles. The zero-order chi connectivity index (χ0) is 19.4. The van der Waals surface area contributed by atoms with Crippen molar-refractivity contribution in [3.63, 3.8) is 0 Å². The van der Waals surface area contributed by atoms with Gasteiger partial charge in [0, 0.05) is 31.3 Å². The highest BCUT2D eigenvalue weighted by atomic mass is 32.2. The number of benzene rings is 1. The second-order valence-electron chi connectivity index (χ2n) is 6.65. The maximum Gasteiger partial charge on any atom is 0.218 e. The van der Waals surface area contributed by atoms with Crippen LogP contribution in [0.2, 0.25) is 0 Å². The molecule has 146 valence electrons. The van der Waals surface area contributed by atoms with E-state index in [1.807, 2.05) is 5.38 Å². The number of aromatic nitrogens is 1. The summed E-state index contributed by atoms with van der Waals surface area (Å²) in [6.07, 6.45) is 1.41. The van der Waals surface area contributed by atoms with Gasteiger partial charge in [-0.2, -0.15) is 0 Å². The minimum atomic E-state index is -3.47. The average Bonchev–Trinajstić information content (AvgIpc) is 3.09. The Bertz CT molecular complexity index is 906. The van der Waals surface area contributed by atoms with Crippen LogP contribution in [0.15, 0.2) is 29.6 Å². The van der Waals surface area contributed by atoms with Crippen LogP contribution in [0.1, 0.15) is 41.9 Å². The molecule has 1 amide bonds. The van der Waals surface area contributed by atoms with Gasteiger partial charge in [0.25, 0.3) is 0 Å². The van der Waals surface area contributed by atoms with Crippen molar-refractivity contribution in [2.45, 2.75) is 38.0 Å². The van der Waals surface area contributed by atoms with Gasteiger partial charge in [-0.25, -0.2) is 22.1 Å². The molecule has 2 aromatic rings. The van der Waals surface area contributed by atoms with Crippen molar-refractivity contribution in [2.24, 2.45) is 0 Å². The normalized spacial score (nSPS) is 16.4. The lowest BCUT2D eigenvalue weighted by Crippen LogP contribution is -2.38. The quantitative estimate of drug-likeness (QED) is 0.793. The number of nitrogens with zero attached hydrogens (tertiary/aromatic N) is 2. The first-order valence-electron chi connectivity index (χ1n) is 8.74. The van der Waals surface area contributed by atoms with E-state index in [1.165, 1.54) is 29.4 Å². The van der Waals surface area contributed by atoms with Gasteiger partial charge in [0.2, 0.25) is 15.9 Å². The number of halogens is 1. The van der Waals surface area contributed by atoms with Crippen molar-refractivity contribution >= 4 is 27.3 Å². The van der Waals surface area contributed by atoms with Gasteiger partial charge < -0.3 is 5.32 Å². The number of hydrogen-bond acceptors (Lipinski definition) is 5. The van der Waals surface area contributed by atoms with Crippen molar-refractivity contribution in [3.05, 3.63) is 51.7 Å². The maximum atomic E-state index is 13.3. The first-order valence-corrected chi connectivity index (χ1v) is 11.2. The summed E-state index contributed by atoms with van der Waals surface area (Å²) in [5, 5.41) is 5.64. The van der Waals surface area contributed by atoms with Crippen LogP contribution in [0.5, 0.6) is 0 Å². The van der Waals surface area contributed by atoms with E-state index in [0.717, 1.165) is 10.7 Å². The number of carbonyl (C=O) groups excluding carboxylic acids is 1. The molecule has 0 bridgehead atoms. The Labute approximate surface area is 162 Å². The number of amides is 1. The minimum Gasteiger partial charge on any atom is -0.351 e. The standard InChI is InChI=1S/C18H22FN3O3S2/c1-13(23)20-10-17-11-26-18(21-17)15-5-7-22(8-6-15)27(24,25)12-14-3-2-4-16(19)9-14/h2-4,9,11,15H,5-8,10,12H2,1H3,(H,20,23). The molecule has 1 aromatic carbocycles. The number of carbonyl (C=O) groups is 1. The summed E-state index contributed by atoms with van der Waals surface area (Å²) >= 11 is 1.55. The average molecular weight is 412 g/mol. The highest BCUT2D eigenvalue weighted by Gasteiger charge is 2.30. The van der Waals surface area contributed by atoms with Gasteiger partial charge in [-0.1, -0.05) is 12.1 Å². The number of thiazole rings is 1. The van der Waals surface area contributed by atoms with Gasteiger partial charge in [0.1, 0.15) is 5.82 Å². The third-order valence-electron chi connectivity index (χ3n) is 4.52. The molecule has 0 radical (unpaired) electrons. The molecule has 0 saturated carbocycles. The van der Waals surface area contributed by atoms with Crippen LogP contribution in [0.4, 0.5) is 4.39 Å². The lowest BCUT2D eigenvalue weighted by atomic mass is 9.99. The third-order valence-corrected chi connectivity index (χ3v) is 7.43. The lowest BCUT2D eigenvalue weighted by molar-refractivity contribution is -0.119. The number of sulfonamides is 1. The molecule has 0 unspecified atom stereocenters. The Kier molecular flexibility index (Phi) is 6.23. The molecule has 3 rings (SSSR count). The zero-order valence-electron chi connectivity index (χ0n) is 15.0. The van der Waals surface area contributed by atoms with Gasteiger partial charge in [0.15, 0.2) is 0 Å². The van der Waals surface area contributed by atoms with E-state index in [4.69, 9.17) is 0 Å². The Balaban J connectivity index is 1.57. The molecule has 27 heavy (non-hydrogen) atoms. The SMILES string of the molecule is CC(=O)NCc1csc(C2CCN(S(=O)(=O)Cc3cccc(F)c3)CC2)n1. The monoisotopic (exact) mass is 411 g/mol. The number of nitrogens with one attached hydrogen (secondary N) is 1. The summed E-state index contributed by atoms with van der Waals surface area (Å²) in [6, 6.07) is 5.71. The van der Waals surface area contributed by atoms with E-state index in [1.54, 1.807) is 17.4 Å². The largest absolute Gasteiger partial charge is 0.351 e. The van der Waals surface area contributed by atoms with Crippen LogP contribution < -0.4 is 5.32 Å². The molecule has 1 aromatic heterocycles. The van der Waals surface area contributed by atoms with E-state index in [0.29, 0.717) is 38.0 Å². The Morgan fingerprint density at radius 3 is 2.78 bits per heavy atom. The first-order chi connectivity index (χ1) is 12.8. The van der Waals surface area contributed by atoms with Crippen LogP contribution in [0.3, 0.4) is 0 Å². The fourth-order valence-electron chi connectivity index (χ4n) is 3.12. The second-order valence-corrected chi connectivity index (χ2v) is 9.50. The van der Waals surface area contributed by atoms with Gasteiger partial charge >= 0.3 is 0 Å². The smallest absolute Gasteiger partial charge is 0.218 e. The fraction of sp³-hybridized carbons (Fsp3) is 0.444. The molecule has 1 N–H and O–H groups in total. The zero-order valence-corrected chi connectivity index (χ0v) is 16.7. The molecule has 6 nitrogen and oxygen atoms in total. The molecule has 1 saturated heterocycles. The van der Waals surface area contributed by atoms with Crippen LogP contribution in [-0.4, -0.2) is 36.7 Å². The van der Waals surface area contributed by atoms with E-state index in [2.05, 4.69) is 10.3 Å². The number of hydrogen-bond donors (Lipinski definition) is 1. The first kappa shape index (κ1) is 19.9. The fourth-order valence-corrected chi connectivity index (χ4v) is 5.66. The summed E-state index contributed by atoms with van der Waals surface area (Å²) in [7, 11) is -3.47. The topological polar surface area (TPSA) is 79.4 Å². The van der Waals surface area contributed by atoms with Crippen molar-refractivity contribution in [2.75, 3.05) is 13.1 Å². The Morgan fingerprint density at radius 1 is 1.37 bits per heavy atom. The molecule has 1 aliphatic rings. The van der Waals surface area contributed by atoms with Crippen LogP contribution in [0.25, 0.3) is 0 Å². The molecule has 9 heteroatoms. The van der Waals surface area contributed by atoms with E-state index >= 15 is 0 Å². The summed E-state index contributed by atoms with van der Waals surface area (Å²) in [5.41, 5.74) is 1.28. The molecule has 1 aliphatic heterocycles. The second kappa shape index (κ2) is 8.45. The summed E-state index contributed by atoms with van der Waals surface area (Å²) in [6.45, 7) is 2.74. The van der Waals surface area contributed by atoms with Crippen molar-refractivity contribution < 1.29 is 17.6 Å². The van der Waals surface area contributed by atoms with E-state index in [-0.39, 0.29) is 17.6 Å². The van der Waals surface area contributed by atoms with Gasteiger partial charge in [-0.05, 0) is 30.5 Å². The summed E-state index contributed by atoms with van der Waals surface area (Å²) < 4.78 is 40.0. The van der Waals surface area contributed by atoms with Crippen LogP contribution in [-0.2, 0) is 27.1 Å². The van der Waals surface area contributed by atoms with Crippen molar-refractivity contribution in [3.8, 4) is 0 Å². The number of rotatable bonds is 6. The molecule has 0 spiro atoms. The Hall–Kier alpha value is -1.84. The molecule has 2 heterocycles. The summed E-state index contributed by atoms with van der Waals surface area (Å²) in [4.78, 5) is 15.6.